The summed E-state index contributed by atoms with van der Waals surface area (Å²) >= 11 is 6.08. The molecule has 1 aromatic heterocycles. The molecule has 2 aromatic rings. The van der Waals surface area contributed by atoms with Gasteiger partial charge in [0.2, 0.25) is 0 Å². The predicted octanol–water partition coefficient (Wildman–Crippen LogP) is 3.37. The number of hydrogen-bond acceptors (Lipinski definition) is 1. The molecule has 1 heterocycles. The first-order chi connectivity index (χ1) is 8.67. The van der Waals surface area contributed by atoms with Crippen molar-refractivity contribution in [3.05, 3.63) is 53.3 Å². The van der Waals surface area contributed by atoms with E-state index >= 15 is 0 Å². The Labute approximate surface area is 114 Å². The number of alkyl halides is 1. The highest BCUT2D eigenvalue weighted by molar-refractivity contribution is 6.18. The number of rotatable bonds is 5. The van der Waals surface area contributed by atoms with Gasteiger partial charge in [0.15, 0.2) is 0 Å². The van der Waals surface area contributed by atoms with E-state index in [0.29, 0.717) is 11.8 Å². The van der Waals surface area contributed by atoms with Gasteiger partial charge in [-0.2, -0.15) is 5.10 Å². The van der Waals surface area contributed by atoms with Crippen LogP contribution in [-0.4, -0.2) is 15.7 Å². The van der Waals surface area contributed by atoms with Crippen LogP contribution in [0.3, 0.4) is 0 Å². The van der Waals surface area contributed by atoms with Crippen molar-refractivity contribution in [1.29, 1.82) is 0 Å². The van der Waals surface area contributed by atoms with Gasteiger partial charge in [0.25, 0.3) is 0 Å². The summed E-state index contributed by atoms with van der Waals surface area (Å²) in [5.74, 6) is 1.12. The number of hydrogen-bond donors (Lipinski definition) is 0. The van der Waals surface area contributed by atoms with Crippen molar-refractivity contribution in [2.24, 2.45) is 13.0 Å². The van der Waals surface area contributed by atoms with E-state index in [1.165, 1.54) is 11.1 Å². The van der Waals surface area contributed by atoms with Gasteiger partial charge in [-0.25, -0.2) is 0 Å². The van der Waals surface area contributed by atoms with E-state index in [-0.39, 0.29) is 0 Å². The molecular weight excluding hydrogens is 244 g/mol. The Morgan fingerprint density at radius 3 is 2.72 bits per heavy atom. The SMILES string of the molecule is Cc1cccc(CC(CCl)Cc2ccn(C)n2)c1. The first-order valence-electron chi connectivity index (χ1n) is 6.27. The van der Waals surface area contributed by atoms with Gasteiger partial charge in [-0.1, -0.05) is 29.8 Å². The number of aromatic nitrogens is 2. The summed E-state index contributed by atoms with van der Waals surface area (Å²) in [6, 6.07) is 10.7. The molecule has 1 aromatic carbocycles. The van der Waals surface area contributed by atoms with Crippen molar-refractivity contribution in [3.63, 3.8) is 0 Å². The molecule has 1 unspecified atom stereocenters. The maximum absolute atomic E-state index is 6.08. The Balaban J connectivity index is 2.01. The molecule has 0 aliphatic rings. The van der Waals surface area contributed by atoms with E-state index in [1.54, 1.807) is 0 Å². The highest BCUT2D eigenvalue weighted by Gasteiger charge is 2.11. The maximum Gasteiger partial charge on any atom is 0.0627 e. The molecule has 0 saturated carbocycles. The van der Waals surface area contributed by atoms with Gasteiger partial charge in [0.05, 0.1) is 5.69 Å². The third kappa shape index (κ3) is 3.61. The maximum atomic E-state index is 6.08. The van der Waals surface area contributed by atoms with E-state index in [0.717, 1.165) is 18.5 Å². The predicted molar refractivity (Wildman–Crippen MR) is 76.0 cm³/mol. The fourth-order valence-corrected chi connectivity index (χ4v) is 2.44. The number of halogens is 1. The Kier molecular flexibility index (Phi) is 4.43. The minimum absolute atomic E-state index is 0.448. The summed E-state index contributed by atoms with van der Waals surface area (Å²) in [4.78, 5) is 0. The highest BCUT2D eigenvalue weighted by atomic mass is 35.5. The van der Waals surface area contributed by atoms with Crippen molar-refractivity contribution in [1.82, 2.24) is 9.78 Å². The smallest absolute Gasteiger partial charge is 0.0627 e. The number of benzene rings is 1. The van der Waals surface area contributed by atoms with Crippen LogP contribution in [0.5, 0.6) is 0 Å². The van der Waals surface area contributed by atoms with Crippen molar-refractivity contribution in [2.75, 3.05) is 5.88 Å². The van der Waals surface area contributed by atoms with Crippen LogP contribution in [0.25, 0.3) is 0 Å². The van der Waals surface area contributed by atoms with Gasteiger partial charge in [-0.3, -0.25) is 4.68 Å². The Morgan fingerprint density at radius 2 is 2.11 bits per heavy atom. The van der Waals surface area contributed by atoms with Gasteiger partial charge in [-0.15, -0.1) is 11.6 Å². The van der Waals surface area contributed by atoms with Crippen LogP contribution in [0.4, 0.5) is 0 Å². The standard InChI is InChI=1S/C15H19ClN2/c1-12-4-3-5-13(8-12)9-14(11-16)10-15-6-7-18(2)17-15/h3-8,14H,9-11H2,1-2H3. The minimum atomic E-state index is 0.448. The average Bonchev–Trinajstić information content (AvgIpc) is 2.74. The van der Waals surface area contributed by atoms with Gasteiger partial charge in [0.1, 0.15) is 0 Å². The summed E-state index contributed by atoms with van der Waals surface area (Å²) in [6.45, 7) is 2.12. The van der Waals surface area contributed by atoms with Crippen molar-refractivity contribution < 1.29 is 0 Å². The molecule has 2 rings (SSSR count). The van der Waals surface area contributed by atoms with Gasteiger partial charge in [0, 0.05) is 19.1 Å². The quantitative estimate of drug-likeness (QED) is 0.756. The van der Waals surface area contributed by atoms with E-state index in [4.69, 9.17) is 11.6 Å². The first kappa shape index (κ1) is 13.2. The summed E-state index contributed by atoms with van der Waals surface area (Å²) in [5, 5.41) is 4.42. The van der Waals surface area contributed by atoms with Crippen molar-refractivity contribution in [2.45, 2.75) is 19.8 Å². The summed E-state index contributed by atoms with van der Waals surface area (Å²) in [6.07, 6.45) is 3.94. The molecule has 0 aliphatic carbocycles. The molecule has 1 atom stereocenters. The molecule has 18 heavy (non-hydrogen) atoms. The van der Waals surface area contributed by atoms with Crippen LogP contribution in [0.1, 0.15) is 16.8 Å². The van der Waals surface area contributed by atoms with Crippen molar-refractivity contribution in [3.8, 4) is 0 Å². The van der Waals surface area contributed by atoms with Crippen LogP contribution in [0.2, 0.25) is 0 Å². The van der Waals surface area contributed by atoms with Crippen LogP contribution in [0.15, 0.2) is 36.5 Å². The van der Waals surface area contributed by atoms with Crippen LogP contribution in [-0.2, 0) is 19.9 Å². The molecule has 3 heteroatoms. The van der Waals surface area contributed by atoms with E-state index < -0.39 is 0 Å². The van der Waals surface area contributed by atoms with E-state index in [1.807, 2.05) is 17.9 Å². The highest BCUT2D eigenvalue weighted by Crippen LogP contribution is 2.16. The third-order valence-electron chi connectivity index (χ3n) is 3.09. The minimum Gasteiger partial charge on any atom is -0.276 e. The largest absolute Gasteiger partial charge is 0.276 e. The first-order valence-corrected chi connectivity index (χ1v) is 6.81. The fraction of sp³-hybridized carbons (Fsp3) is 0.400. The lowest BCUT2D eigenvalue weighted by molar-refractivity contribution is 0.568. The van der Waals surface area contributed by atoms with Gasteiger partial charge in [-0.05, 0) is 37.3 Å². The third-order valence-corrected chi connectivity index (χ3v) is 3.53. The monoisotopic (exact) mass is 262 g/mol. The van der Waals surface area contributed by atoms with Gasteiger partial charge < -0.3 is 0 Å². The van der Waals surface area contributed by atoms with E-state index in [9.17, 15) is 0 Å². The molecule has 0 aliphatic heterocycles. The Morgan fingerprint density at radius 1 is 1.28 bits per heavy atom. The molecule has 96 valence electrons. The molecule has 0 spiro atoms. The second kappa shape index (κ2) is 6.05. The number of aryl methyl sites for hydroxylation is 2. The lowest BCUT2D eigenvalue weighted by atomic mass is 9.96. The molecule has 0 saturated heterocycles. The lowest BCUT2D eigenvalue weighted by Crippen LogP contribution is -2.11. The van der Waals surface area contributed by atoms with E-state index in [2.05, 4.69) is 42.4 Å². The Bertz CT molecular complexity index is 505. The topological polar surface area (TPSA) is 17.8 Å². The van der Waals surface area contributed by atoms with Crippen LogP contribution in [0, 0.1) is 12.8 Å². The number of nitrogens with zero attached hydrogens (tertiary/aromatic N) is 2. The molecular formula is C15H19ClN2. The normalized spacial score (nSPS) is 12.6. The van der Waals surface area contributed by atoms with Crippen molar-refractivity contribution >= 4 is 11.6 Å². The average molecular weight is 263 g/mol. The van der Waals surface area contributed by atoms with Crippen LogP contribution >= 0.6 is 11.6 Å². The molecule has 0 bridgehead atoms. The zero-order valence-corrected chi connectivity index (χ0v) is 11.7. The summed E-state index contributed by atoms with van der Waals surface area (Å²) in [5.41, 5.74) is 3.78. The van der Waals surface area contributed by atoms with Crippen LogP contribution < -0.4 is 0 Å². The molecule has 2 nitrogen and oxygen atoms in total. The zero-order chi connectivity index (χ0) is 13.0. The molecule has 0 radical (unpaired) electrons. The lowest BCUT2D eigenvalue weighted by Gasteiger charge is -2.12. The molecule has 0 amide bonds. The second-order valence-electron chi connectivity index (χ2n) is 4.90. The molecule has 0 N–H and O–H groups in total. The zero-order valence-electron chi connectivity index (χ0n) is 10.9. The molecule has 0 fully saturated rings. The van der Waals surface area contributed by atoms with Gasteiger partial charge >= 0.3 is 0 Å². The Hall–Kier alpha value is -1.28. The summed E-state index contributed by atoms with van der Waals surface area (Å²) < 4.78 is 1.84. The fourth-order valence-electron chi connectivity index (χ4n) is 2.22. The second-order valence-corrected chi connectivity index (χ2v) is 5.21. The summed E-state index contributed by atoms with van der Waals surface area (Å²) in [7, 11) is 1.94.